The summed E-state index contributed by atoms with van der Waals surface area (Å²) in [6.07, 6.45) is 1.63. The van der Waals surface area contributed by atoms with Gasteiger partial charge in [-0.1, -0.05) is 60.7 Å². The van der Waals surface area contributed by atoms with Crippen LogP contribution < -0.4 is 5.43 Å². The first-order valence-electron chi connectivity index (χ1n) is 8.97. The van der Waals surface area contributed by atoms with E-state index in [0.29, 0.717) is 5.92 Å². The molecule has 0 heterocycles. The molecule has 2 atom stereocenters. The summed E-state index contributed by atoms with van der Waals surface area (Å²) in [5.41, 5.74) is 4.96. The first kappa shape index (κ1) is 18.4. The van der Waals surface area contributed by atoms with E-state index in [1.807, 2.05) is 55.6 Å². The van der Waals surface area contributed by atoms with Crippen molar-refractivity contribution in [2.75, 3.05) is 14.2 Å². The SMILES string of the molecule is COC(C(c1ccccc1)C1CC1)N(C)NC(=O)OCc1ccccc1. The van der Waals surface area contributed by atoms with E-state index in [1.54, 1.807) is 12.1 Å². The summed E-state index contributed by atoms with van der Waals surface area (Å²) in [6.45, 7) is 0.239. The van der Waals surface area contributed by atoms with Crippen LogP contribution in [0.4, 0.5) is 4.79 Å². The molecule has 2 aromatic rings. The number of methoxy groups -OCH3 is 1. The molecule has 138 valence electrons. The average Bonchev–Trinajstić information content (AvgIpc) is 3.50. The van der Waals surface area contributed by atoms with E-state index >= 15 is 0 Å². The normalized spacial score (nSPS) is 16.1. The van der Waals surface area contributed by atoms with E-state index in [1.165, 1.54) is 18.4 Å². The van der Waals surface area contributed by atoms with E-state index in [0.717, 1.165) is 5.56 Å². The number of carbonyl (C=O) groups is 1. The molecule has 5 heteroatoms. The standard InChI is InChI=1S/C21H26N2O3/c1-23(22-21(24)26-15-16-9-5-3-6-10-16)20(25-2)19(18-13-14-18)17-11-7-4-8-12-17/h3-12,18-20H,13-15H2,1-2H3,(H,22,24). The lowest BCUT2D eigenvalue weighted by Crippen LogP contribution is -2.49. The van der Waals surface area contributed by atoms with Gasteiger partial charge >= 0.3 is 6.09 Å². The van der Waals surface area contributed by atoms with Crippen molar-refractivity contribution in [2.24, 2.45) is 5.92 Å². The van der Waals surface area contributed by atoms with Crippen LogP contribution in [0.3, 0.4) is 0 Å². The molecule has 2 aromatic carbocycles. The number of nitrogens with zero attached hydrogens (tertiary/aromatic N) is 1. The molecule has 1 saturated carbocycles. The first-order valence-corrected chi connectivity index (χ1v) is 8.97. The fraction of sp³-hybridized carbons (Fsp3) is 0.381. The zero-order valence-electron chi connectivity index (χ0n) is 15.3. The quantitative estimate of drug-likeness (QED) is 0.576. The lowest BCUT2D eigenvalue weighted by Gasteiger charge is -2.33. The van der Waals surface area contributed by atoms with Gasteiger partial charge in [-0.2, -0.15) is 5.01 Å². The maximum Gasteiger partial charge on any atom is 0.422 e. The number of carbonyl (C=O) groups excluding carboxylic acids is 1. The van der Waals surface area contributed by atoms with Crippen LogP contribution in [-0.4, -0.2) is 31.5 Å². The van der Waals surface area contributed by atoms with Gasteiger partial charge in [0.1, 0.15) is 12.8 Å². The van der Waals surface area contributed by atoms with Crippen LogP contribution in [0.15, 0.2) is 60.7 Å². The number of hydrogen-bond donors (Lipinski definition) is 1. The highest BCUT2D eigenvalue weighted by atomic mass is 16.6. The molecule has 2 unspecified atom stereocenters. The molecule has 0 spiro atoms. The Morgan fingerprint density at radius 3 is 2.31 bits per heavy atom. The lowest BCUT2D eigenvalue weighted by atomic mass is 9.92. The molecule has 1 fully saturated rings. The summed E-state index contributed by atoms with van der Waals surface area (Å²) in [5, 5.41) is 1.71. The summed E-state index contributed by atoms with van der Waals surface area (Å²) in [4.78, 5) is 12.2. The van der Waals surface area contributed by atoms with E-state index < -0.39 is 6.09 Å². The molecule has 26 heavy (non-hydrogen) atoms. The molecular weight excluding hydrogens is 328 g/mol. The molecular formula is C21H26N2O3. The van der Waals surface area contributed by atoms with Gasteiger partial charge in [0, 0.05) is 20.1 Å². The largest absolute Gasteiger partial charge is 0.444 e. The average molecular weight is 354 g/mol. The molecule has 5 nitrogen and oxygen atoms in total. The van der Waals surface area contributed by atoms with Crippen molar-refractivity contribution in [3.63, 3.8) is 0 Å². The van der Waals surface area contributed by atoms with Crippen LogP contribution in [0, 0.1) is 5.92 Å². The minimum Gasteiger partial charge on any atom is -0.444 e. The second kappa shape index (κ2) is 8.83. The number of hydrogen-bond acceptors (Lipinski definition) is 4. The second-order valence-electron chi connectivity index (χ2n) is 6.68. The van der Waals surface area contributed by atoms with E-state index in [4.69, 9.17) is 9.47 Å². The molecule has 0 aliphatic heterocycles. The Hall–Kier alpha value is -2.37. The van der Waals surface area contributed by atoms with Gasteiger partial charge in [0.2, 0.25) is 0 Å². The number of hydrazine groups is 1. The molecule has 1 N–H and O–H groups in total. The third-order valence-corrected chi connectivity index (χ3v) is 4.73. The van der Waals surface area contributed by atoms with Crippen molar-refractivity contribution in [3.8, 4) is 0 Å². The topological polar surface area (TPSA) is 50.8 Å². The molecule has 1 amide bonds. The third-order valence-electron chi connectivity index (χ3n) is 4.73. The maximum atomic E-state index is 12.2. The summed E-state index contributed by atoms with van der Waals surface area (Å²) in [7, 11) is 3.49. The van der Waals surface area contributed by atoms with Crippen LogP contribution in [0.5, 0.6) is 0 Å². The lowest BCUT2D eigenvalue weighted by molar-refractivity contribution is -0.0652. The highest BCUT2D eigenvalue weighted by Gasteiger charge is 2.40. The van der Waals surface area contributed by atoms with Crippen molar-refractivity contribution in [2.45, 2.75) is 31.6 Å². The zero-order chi connectivity index (χ0) is 18.4. The fourth-order valence-corrected chi connectivity index (χ4v) is 3.31. The van der Waals surface area contributed by atoms with Crippen molar-refractivity contribution < 1.29 is 14.3 Å². The minimum absolute atomic E-state index is 0.209. The van der Waals surface area contributed by atoms with Crippen LogP contribution in [-0.2, 0) is 16.1 Å². The van der Waals surface area contributed by atoms with Gasteiger partial charge in [-0.15, -0.1) is 0 Å². The van der Waals surface area contributed by atoms with Crippen molar-refractivity contribution in [1.29, 1.82) is 0 Å². The summed E-state index contributed by atoms with van der Waals surface area (Å²) < 4.78 is 11.1. The van der Waals surface area contributed by atoms with E-state index in [-0.39, 0.29) is 18.8 Å². The van der Waals surface area contributed by atoms with Crippen LogP contribution in [0.2, 0.25) is 0 Å². The Morgan fingerprint density at radius 1 is 1.12 bits per heavy atom. The smallest absolute Gasteiger partial charge is 0.422 e. The Bertz CT molecular complexity index is 689. The molecule has 0 aromatic heterocycles. The number of rotatable bonds is 8. The third kappa shape index (κ3) is 4.84. The highest BCUT2D eigenvalue weighted by Crippen LogP contribution is 2.45. The second-order valence-corrected chi connectivity index (χ2v) is 6.68. The highest BCUT2D eigenvalue weighted by molar-refractivity contribution is 5.66. The number of likely N-dealkylation sites (N-methyl/N-ethyl adjacent to an activating group) is 1. The number of nitrogens with one attached hydrogen (secondary N) is 1. The predicted octanol–water partition coefficient (Wildman–Crippen LogP) is 3.93. The number of ether oxygens (including phenoxy) is 2. The van der Waals surface area contributed by atoms with Crippen molar-refractivity contribution >= 4 is 6.09 Å². The minimum atomic E-state index is -0.485. The van der Waals surface area contributed by atoms with Gasteiger partial charge in [0.05, 0.1) is 0 Å². The summed E-state index contributed by atoms with van der Waals surface area (Å²) in [6, 6.07) is 20.0. The first-order chi connectivity index (χ1) is 12.7. The molecule has 1 aliphatic carbocycles. The Kier molecular flexibility index (Phi) is 6.26. The predicted molar refractivity (Wildman–Crippen MR) is 100 cm³/mol. The maximum absolute atomic E-state index is 12.2. The molecule has 0 bridgehead atoms. The Labute approximate surface area is 154 Å². The number of amides is 1. The Balaban J connectivity index is 1.60. The molecule has 0 saturated heterocycles. The molecule has 0 radical (unpaired) electrons. The van der Waals surface area contributed by atoms with Gasteiger partial charge in [-0.3, -0.25) is 5.43 Å². The summed E-state index contributed by atoms with van der Waals surface area (Å²) >= 11 is 0. The molecule has 3 rings (SSSR count). The van der Waals surface area contributed by atoms with Crippen LogP contribution >= 0.6 is 0 Å². The number of benzene rings is 2. The summed E-state index contributed by atoms with van der Waals surface area (Å²) in [5.74, 6) is 0.785. The Morgan fingerprint density at radius 2 is 1.73 bits per heavy atom. The van der Waals surface area contributed by atoms with E-state index in [9.17, 15) is 4.79 Å². The monoisotopic (exact) mass is 354 g/mol. The van der Waals surface area contributed by atoms with Gasteiger partial charge in [0.25, 0.3) is 0 Å². The van der Waals surface area contributed by atoms with Gasteiger partial charge in [0.15, 0.2) is 0 Å². The zero-order valence-corrected chi connectivity index (χ0v) is 15.3. The fourth-order valence-electron chi connectivity index (χ4n) is 3.31. The van der Waals surface area contributed by atoms with Gasteiger partial charge in [-0.25, -0.2) is 4.79 Å². The molecule has 1 aliphatic rings. The van der Waals surface area contributed by atoms with Gasteiger partial charge < -0.3 is 9.47 Å². The van der Waals surface area contributed by atoms with Crippen molar-refractivity contribution in [1.82, 2.24) is 10.4 Å². The van der Waals surface area contributed by atoms with Crippen LogP contribution in [0.25, 0.3) is 0 Å². The van der Waals surface area contributed by atoms with Crippen molar-refractivity contribution in [3.05, 3.63) is 71.8 Å². The van der Waals surface area contributed by atoms with E-state index in [2.05, 4.69) is 17.6 Å². The van der Waals surface area contributed by atoms with Crippen LogP contribution in [0.1, 0.15) is 29.9 Å². The van der Waals surface area contributed by atoms with Gasteiger partial charge in [-0.05, 0) is 29.9 Å².